The van der Waals surface area contributed by atoms with Crippen LogP contribution in [0.5, 0.6) is 0 Å². The van der Waals surface area contributed by atoms with E-state index in [0.717, 1.165) is 11.3 Å². The first kappa shape index (κ1) is 12.0. The van der Waals surface area contributed by atoms with E-state index in [1.54, 1.807) is 18.0 Å². The van der Waals surface area contributed by atoms with E-state index < -0.39 is 0 Å². The number of benzene rings is 1. The number of anilines is 1. The third-order valence-electron chi connectivity index (χ3n) is 2.26. The zero-order valence-corrected chi connectivity index (χ0v) is 9.71. The van der Waals surface area contributed by atoms with Gasteiger partial charge in [0.15, 0.2) is 0 Å². The van der Waals surface area contributed by atoms with E-state index >= 15 is 0 Å². The molecule has 0 aliphatic rings. The molecule has 0 aromatic heterocycles. The molecule has 1 amide bonds. The first-order valence-corrected chi connectivity index (χ1v) is 5.17. The third-order valence-corrected chi connectivity index (χ3v) is 2.50. The molecule has 0 radical (unpaired) electrons. The molecule has 1 aromatic rings. The maximum absolute atomic E-state index is 11.6. The van der Waals surface area contributed by atoms with Gasteiger partial charge in [-0.15, -0.1) is 0 Å². The van der Waals surface area contributed by atoms with Crippen LogP contribution in [0.3, 0.4) is 0 Å². The molecule has 0 atom stereocenters. The van der Waals surface area contributed by atoms with Gasteiger partial charge in [-0.2, -0.15) is 0 Å². The predicted molar refractivity (Wildman–Crippen MR) is 63.3 cm³/mol. The van der Waals surface area contributed by atoms with Crippen LogP contribution < -0.4 is 10.6 Å². The molecule has 0 fully saturated rings. The molecule has 2 N–H and O–H groups in total. The lowest BCUT2D eigenvalue weighted by atomic mass is 10.2. The van der Waals surface area contributed by atoms with Crippen LogP contribution in [0.25, 0.3) is 0 Å². The molecule has 0 aliphatic heterocycles. The summed E-state index contributed by atoms with van der Waals surface area (Å²) < 4.78 is 0. The lowest BCUT2D eigenvalue weighted by molar-refractivity contribution is -0.118. The number of carbonyl (C=O) groups excluding carboxylic acids is 1. The second-order valence-corrected chi connectivity index (χ2v) is 3.86. The van der Waals surface area contributed by atoms with Gasteiger partial charge in [0.2, 0.25) is 5.91 Å². The van der Waals surface area contributed by atoms with Gasteiger partial charge >= 0.3 is 0 Å². The fraction of sp³-hybridized carbons (Fsp3) is 0.364. The third kappa shape index (κ3) is 2.94. The quantitative estimate of drug-likeness (QED) is 0.857. The van der Waals surface area contributed by atoms with Crippen LogP contribution in [0.2, 0.25) is 5.02 Å². The largest absolute Gasteiger partial charge is 0.330 e. The Balaban J connectivity index is 2.94. The minimum atomic E-state index is 0.00265. The van der Waals surface area contributed by atoms with Crippen molar-refractivity contribution in [1.82, 2.24) is 0 Å². The highest BCUT2D eigenvalue weighted by Gasteiger charge is 2.12. The number of halogens is 1. The van der Waals surface area contributed by atoms with Crippen LogP contribution in [0.15, 0.2) is 18.2 Å². The Hall–Kier alpha value is -1.06. The van der Waals surface area contributed by atoms with Crippen LogP contribution in [0.1, 0.15) is 12.0 Å². The van der Waals surface area contributed by atoms with Gasteiger partial charge in [-0.05, 0) is 24.6 Å². The van der Waals surface area contributed by atoms with E-state index in [9.17, 15) is 4.79 Å². The SMILES string of the molecule is Cc1ccc(Cl)cc1N(C)C(=O)CCN. The Kier molecular flexibility index (Phi) is 4.12. The van der Waals surface area contributed by atoms with Crippen molar-refractivity contribution in [3.63, 3.8) is 0 Å². The Bertz CT molecular complexity index is 366. The monoisotopic (exact) mass is 226 g/mol. The highest BCUT2D eigenvalue weighted by molar-refractivity contribution is 6.31. The molecule has 0 saturated carbocycles. The highest BCUT2D eigenvalue weighted by atomic mass is 35.5. The summed E-state index contributed by atoms with van der Waals surface area (Å²) in [5.41, 5.74) is 7.19. The maximum atomic E-state index is 11.6. The van der Waals surface area contributed by atoms with E-state index in [0.29, 0.717) is 18.0 Å². The van der Waals surface area contributed by atoms with E-state index in [1.165, 1.54) is 0 Å². The number of hydrogen-bond donors (Lipinski definition) is 1. The summed E-state index contributed by atoms with van der Waals surface area (Å²) in [4.78, 5) is 13.2. The molecule has 82 valence electrons. The van der Waals surface area contributed by atoms with E-state index in [4.69, 9.17) is 17.3 Å². The molecule has 15 heavy (non-hydrogen) atoms. The molecule has 0 saturated heterocycles. The van der Waals surface area contributed by atoms with E-state index in [1.807, 2.05) is 19.1 Å². The van der Waals surface area contributed by atoms with Crippen molar-refractivity contribution >= 4 is 23.2 Å². The first-order chi connectivity index (χ1) is 7.06. The fourth-order valence-electron chi connectivity index (χ4n) is 1.37. The smallest absolute Gasteiger partial charge is 0.227 e. The van der Waals surface area contributed by atoms with Crippen molar-refractivity contribution in [3.8, 4) is 0 Å². The number of carbonyl (C=O) groups is 1. The second kappa shape index (κ2) is 5.14. The van der Waals surface area contributed by atoms with Crippen LogP contribution in [0, 0.1) is 6.92 Å². The van der Waals surface area contributed by atoms with Crippen molar-refractivity contribution in [2.24, 2.45) is 5.73 Å². The molecular weight excluding hydrogens is 212 g/mol. The number of amides is 1. The molecular formula is C11H15ClN2O. The Labute approximate surface area is 94.8 Å². The average Bonchev–Trinajstić information content (AvgIpc) is 2.21. The van der Waals surface area contributed by atoms with Crippen molar-refractivity contribution in [3.05, 3.63) is 28.8 Å². The van der Waals surface area contributed by atoms with E-state index in [2.05, 4.69) is 0 Å². The van der Waals surface area contributed by atoms with Crippen molar-refractivity contribution in [2.75, 3.05) is 18.5 Å². The standard InChI is InChI=1S/C11H15ClN2O/c1-8-3-4-9(12)7-10(8)14(2)11(15)5-6-13/h3-4,7H,5-6,13H2,1-2H3. The van der Waals surface area contributed by atoms with Crippen LogP contribution in [0.4, 0.5) is 5.69 Å². The molecule has 1 rings (SSSR count). The Morgan fingerprint density at radius 3 is 2.80 bits per heavy atom. The van der Waals surface area contributed by atoms with Crippen molar-refractivity contribution in [2.45, 2.75) is 13.3 Å². The summed E-state index contributed by atoms with van der Waals surface area (Å²) in [6, 6.07) is 5.48. The summed E-state index contributed by atoms with van der Waals surface area (Å²) >= 11 is 5.88. The molecule has 1 aromatic carbocycles. The van der Waals surface area contributed by atoms with Crippen LogP contribution >= 0.6 is 11.6 Å². The van der Waals surface area contributed by atoms with Gasteiger partial charge < -0.3 is 10.6 Å². The molecule has 0 spiro atoms. The van der Waals surface area contributed by atoms with Gasteiger partial charge in [-0.3, -0.25) is 4.79 Å². The number of hydrogen-bond acceptors (Lipinski definition) is 2. The molecule has 0 unspecified atom stereocenters. The van der Waals surface area contributed by atoms with Gasteiger partial charge in [-0.1, -0.05) is 17.7 Å². The zero-order chi connectivity index (χ0) is 11.4. The average molecular weight is 227 g/mol. The summed E-state index contributed by atoms with van der Waals surface area (Å²) in [7, 11) is 1.73. The molecule has 3 nitrogen and oxygen atoms in total. The number of nitrogens with zero attached hydrogens (tertiary/aromatic N) is 1. The van der Waals surface area contributed by atoms with Gasteiger partial charge in [0, 0.05) is 30.7 Å². The second-order valence-electron chi connectivity index (χ2n) is 3.42. The van der Waals surface area contributed by atoms with Gasteiger partial charge in [0.1, 0.15) is 0 Å². The Morgan fingerprint density at radius 1 is 1.53 bits per heavy atom. The fourth-order valence-corrected chi connectivity index (χ4v) is 1.54. The van der Waals surface area contributed by atoms with Gasteiger partial charge in [0.25, 0.3) is 0 Å². The zero-order valence-electron chi connectivity index (χ0n) is 8.96. The number of nitrogens with two attached hydrogens (primary N) is 1. The molecule has 4 heteroatoms. The lowest BCUT2D eigenvalue weighted by Crippen LogP contribution is -2.28. The molecule has 0 aliphatic carbocycles. The first-order valence-electron chi connectivity index (χ1n) is 4.79. The summed E-state index contributed by atoms with van der Waals surface area (Å²) in [6.45, 7) is 2.31. The van der Waals surface area contributed by atoms with Crippen molar-refractivity contribution in [1.29, 1.82) is 0 Å². The highest BCUT2D eigenvalue weighted by Crippen LogP contribution is 2.23. The summed E-state index contributed by atoms with van der Waals surface area (Å²) in [5.74, 6) is 0.00265. The minimum absolute atomic E-state index is 0.00265. The minimum Gasteiger partial charge on any atom is -0.330 e. The maximum Gasteiger partial charge on any atom is 0.227 e. The lowest BCUT2D eigenvalue weighted by Gasteiger charge is -2.19. The van der Waals surface area contributed by atoms with Gasteiger partial charge in [0.05, 0.1) is 0 Å². The van der Waals surface area contributed by atoms with Crippen LogP contribution in [-0.2, 0) is 4.79 Å². The summed E-state index contributed by atoms with van der Waals surface area (Å²) in [6.07, 6.45) is 0.350. The number of rotatable bonds is 3. The van der Waals surface area contributed by atoms with Crippen molar-refractivity contribution < 1.29 is 4.79 Å². The molecule has 0 bridgehead atoms. The number of aryl methyl sites for hydroxylation is 1. The normalized spacial score (nSPS) is 10.1. The predicted octanol–water partition coefficient (Wildman–Crippen LogP) is 1.96. The van der Waals surface area contributed by atoms with E-state index in [-0.39, 0.29) is 5.91 Å². The Morgan fingerprint density at radius 2 is 2.20 bits per heavy atom. The topological polar surface area (TPSA) is 46.3 Å². The molecule has 0 heterocycles. The van der Waals surface area contributed by atoms with Crippen LogP contribution in [-0.4, -0.2) is 19.5 Å². The van der Waals surface area contributed by atoms with Gasteiger partial charge in [-0.25, -0.2) is 0 Å². The summed E-state index contributed by atoms with van der Waals surface area (Å²) in [5, 5.41) is 0.628.